The van der Waals surface area contributed by atoms with Crippen LogP contribution in [0.15, 0.2) is 30.5 Å². The number of rotatable bonds is 2. The number of quaternary nitrogens is 1. The lowest BCUT2D eigenvalue weighted by Crippen LogP contribution is -2.48. The molecule has 0 amide bonds. The van der Waals surface area contributed by atoms with Crippen molar-refractivity contribution in [2.75, 3.05) is 0 Å². The monoisotopic (exact) mass is 215 g/mol. The first-order chi connectivity index (χ1) is 7.63. The molecule has 0 spiro atoms. The molecule has 0 bridgehead atoms. The van der Waals surface area contributed by atoms with E-state index in [4.69, 9.17) is 0 Å². The van der Waals surface area contributed by atoms with Crippen molar-refractivity contribution in [2.45, 2.75) is 27.3 Å². The zero-order valence-corrected chi connectivity index (χ0v) is 10.2. The normalized spacial score (nSPS) is 10.8. The molecule has 16 heavy (non-hydrogen) atoms. The smallest absolute Gasteiger partial charge is 0.115 e. The fourth-order valence-corrected chi connectivity index (χ4v) is 2.39. The fourth-order valence-electron chi connectivity index (χ4n) is 2.39. The Morgan fingerprint density at radius 1 is 1.12 bits per heavy atom. The third-order valence-electron chi connectivity index (χ3n) is 2.97. The van der Waals surface area contributed by atoms with Crippen molar-refractivity contribution < 1.29 is 5.73 Å². The van der Waals surface area contributed by atoms with Gasteiger partial charge in [0.05, 0.1) is 11.4 Å². The highest BCUT2D eigenvalue weighted by Crippen LogP contribution is 2.22. The average Bonchev–Trinajstić information content (AvgIpc) is 2.64. The van der Waals surface area contributed by atoms with Crippen LogP contribution in [0.4, 0.5) is 0 Å². The largest absolute Gasteiger partial charge is 0.353 e. The molecule has 2 aromatic rings. The molecule has 0 aliphatic carbocycles. The van der Waals surface area contributed by atoms with E-state index in [1.807, 2.05) is 0 Å². The van der Waals surface area contributed by atoms with Gasteiger partial charge in [-0.2, -0.15) is 0 Å². The van der Waals surface area contributed by atoms with Gasteiger partial charge in [0.1, 0.15) is 6.54 Å². The highest BCUT2D eigenvalue weighted by Gasteiger charge is 2.09. The van der Waals surface area contributed by atoms with E-state index in [-0.39, 0.29) is 0 Å². The van der Waals surface area contributed by atoms with E-state index in [9.17, 15) is 0 Å². The summed E-state index contributed by atoms with van der Waals surface area (Å²) >= 11 is 0. The minimum absolute atomic E-state index is 0.819. The first-order valence-corrected chi connectivity index (χ1v) is 5.67. The van der Waals surface area contributed by atoms with Crippen LogP contribution in [-0.2, 0) is 6.54 Å². The van der Waals surface area contributed by atoms with Gasteiger partial charge in [0, 0.05) is 6.20 Å². The summed E-state index contributed by atoms with van der Waals surface area (Å²) in [6, 6.07) is 8.68. The van der Waals surface area contributed by atoms with Gasteiger partial charge in [-0.15, -0.1) is 0 Å². The van der Waals surface area contributed by atoms with Gasteiger partial charge < -0.3 is 10.3 Å². The van der Waals surface area contributed by atoms with E-state index in [1.165, 1.54) is 28.1 Å². The third-order valence-corrected chi connectivity index (χ3v) is 2.97. The summed E-state index contributed by atoms with van der Waals surface area (Å²) in [6.07, 6.45) is 2.12. The minimum Gasteiger partial charge on any atom is -0.353 e. The van der Waals surface area contributed by atoms with Crippen LogP contribution in [-0.4, -0.2) is 4.57 Å². The molecule has 0 aliphatic rings. The van der Waals surface area contributed by atoms with Crippen molar-refractivity contribution >= 4 is 0 Å². The van der Waals surface area contributed by atoms with E-state index in [0.717, 1.165) is 6.54 Å². The Morgan fingerprint density at radius 2 is 1.75 bits per heavy atom. The van der Waals surface area contributed by atoms with Crippen molar-refractivity contribution in [1.29, 1.82) is 0 Å². The number of hydrogen-bond donors (Lipinski definition) is 1. The zero-order chi connectivity index (χ0) is 11.7. The summed E-state index contributed by atoms with van der Waals surface area (Å²) < 4.78 is 2.25. The van der Waals surface area contributed by atoms with E-state index in [2.05, 4.69) is 61.5 Å². The standard InChI is InChI=1S/C14H18N2/c1-10-7-11(2)14(12(3)8-10)16-6-4-5-13(16)9-15/h4-8H,9,15H2,1-3H3/p+1. The van der Waals surface area contributed by atoms with E-state index < -0.39 is 0 Å². The maximum absolute atomic E-state index is 3.97. The van der Waals surface area contributed by atoms with Gasteiger partial charge >= 0.3 is 0 Å². The predicted octanol–water partition coefficient (Wildman–Crippen LogP) is 2.14. The van der Waals surface area contributed by atoms with Gasteiger partial charge in [0.2, 0.25) is 0 Å². The Hall–Kier alpha value is -1.54. The molecular formula is C14H19N2+. The highest BCUT2D eigenvalue weighted by atomic mass is 15.0. The van der Waals surface area contributed by atoms with Crippen LogP contribution in [0.3, 0.4) is 0 Å². The summed E-state index contributed by atoms with van der Waals surface area (Å²) in [6.45, 7) is 7.30. The zero-order valence-electron chi connectivity index (χ0n) is 10.2. The lowest BCUT2D eigenvalue weighted by molar-refractivity contribution is -0.387. The molecule has 0 saturated heterocycles. The quantitative estimate of drug-likeness (QED) is 0.796. The predicted molar refractivity (Wildman–Crippen MR) is 66.6 cm³/mol. The van der Waals surface area contributed by atoms with Gasteiger partial charge in [-0.1, -0.05) is 17.7 Å². The topological polar surface area (TPSA) is 32.6 Å². The number of nitrogens with zero attached hydrogens (tertiary/aromatic N) is 1. The van der Waals surface area contributed by atoms with Crippen LogP contribution in [0, 0.1) is 20.8 Å². The van der Waals surface area contributed by atoms with Crippen molar-refractivity contribution in [3.05, 3.63) is 52.8 Å². The molecule has 0 atom stereocenters. The van der Waals surface area contributed by atoms with E-state index in [0.29, 0.717) is 0 Å². The molecule has 84 valence electrons. The maximum Gasteiger partial charge on any atom is 0.115 e. The Balaban J connectivity index is 2.64. The first kappa shape index (κ1) is 11.0. The molecule has 0 unspecified atom stereocenters. The molecule has 0 radical (unpaired) electrons. The fraction of sp³-hybridized carbons (Fsp3) is 0.286. The van der Waals surface area contributed by atoms with Crippen molar-refractivity contribution in [1.82, 2.24) is 4.57 Å². The second kappa shape index (κ2) is 4.14. The second-order valence-corrected chi connectivity index (χ2v) is 4.37. The van der Waals surface area contributed by atoms with Gasteiger partial charge in [0.25, 0.3) is 0 Å². The number of aryl methyl sites for hydroxylation is 3. The summed E-state index contributed by atoms with van der Waals surface area (Å²) in [7, 11) is 0. The number of aromatic nitrogens is 1. The van der Waals surface area contributed by atoms with Crippen molar-refractivity contribution in [3.63, 3.8) is 0 Å². The van der Waals surface area contributed by atoms with Crippen LogP contribution in [0.5, 0.6) is 0 Å². The first-order valence-electron chi connectivity index (χ1n) is 5.67. The lowest BCUT2D eigenvalue weighted by atomic mass is 10.0. The molecular weight excluding hydrogens is 196 g/mol. The van der Waals surface area contributed by atoms with Crippen molar-refractivity contribution in [3.8, 4) is 5.69 Å². The average molecular weight is 215 g/mol. The van der Waals surface area contributed by atoms with Crippen LogP contribution >= 0.6 is 0 Å². The number of hydrogen-bond acceptors (Lipinski definition) is 0. The van der Waals surface area contributed by atoms with Gasteiger partial charge in [-0.3, -0.25) is 0 Å². The molecule has 3 N–H and O–H groups in total. The maximum atomic E-state index is 3.97. The minimum atomic E-state index is 0.819. The lowest BCUT2D eigenvalue weighted by Gasteiger charge is -2.14. The van der Waals surface area contributed by atoms with Crippen molar-refractivity contribution in [2.24, 2.45) is 0 Å². The van der Waals surface area contributed by atoms with E-state index >= 15 is 0 Å². The highest BCUT2D eigenvalue weighted by molar-refractivity contribution is 5.50. The molecule has 0 aliphatic heterocycles. The molecule has 2 heteroatoms. The molecule has 1 heterocycles. The molecule has 1 aromatic heterocycles. The second-order valence-electron chi connectivity index (χ2n) is 4.37. The Labute approximate surface area is 96.7 Å². The summed E-state index contributed by atoms with van der Waals surface area (Å²) in [4.78, 5) is 0. The van der Waals surface area contributed by atoms with Crippen LogP contribution < -0.4 is 5.73 Å². The summed E-state index contributed by atoms with van der Waals surface area (Å²) in [5.41, 5.74) is 10.5. The molecule has 1 aromatic carbocycles. The van der Waals surface area contributed by atoms with Gasteiger partial charge in [0.15, 0.2) is 0 Å². The van der Waals surface area contributed by atoms with Gasteiger partial charge in [-0.05, 0) is 44.0 Å². The third kappa shape index (κ3) is 1.76. The molecule has 2 rings (SSSR count). The van der Waals surface area contributed by atoms with Gasteiger partial charge in [-0.25, -0.2) is 0 Å². The SMILES string of the molecule is Cc1cc(C)c(-n2cccc2C[NH3+])c(C)c1. The number of benzene rings is 1. The Kier molecular flexibility index (Phi) is 2.84. The van der Waals surface area contributed by atoms with Crippen LogP contribution in [0.1, 0.15) is 22.4 Å². The summed E-state index contributed by atoms with van der Waals surface area (Å²) in [5.74, 6) is 0. The Bertz CT molecular complexity index is 486. The van der Waals surface area contributed by atoms with Crippen LogP contribution in [0.25, 0.3) is 5.69 Å². The molecule has 2 nitrogen and oxygen atoms in total. The Morgan fingerprint density at radius 3 is 2.31 bits per heavy atom. The van der Waals surface area contributed by atoms with E-state index in [1.54, 1.807) is 0 Å². The van der Waals surface area contributed by atoms with Crippen LogP contribution in [0.2, 0.25) is 0 Å². The molecule has 0 fully saturated rings. The summed E-state index contributed by atoms with van der Waals surface area (Å²) in [5, 5.41) is 0. The molecule has 0 saturated carbocycles.